The Kier molecular flexibility index (Phi) is 2.56. The first-order valence-corrected chi connectivity index (χ1v) is 5.59. The number of tetrazole rings is 1. The molecule has 3 rings (SSSR count). The molecule has 0 amide bonds. The lowest BCUT2D eigenvalue weighted by atomic mass is 10.2. The maximum Gasteiger partial charge on any atom is 0.239 e. The molecule has 2 aromatic heterocycles. The summed E-state index contributed by atoms with van der Waals surface area (Å²) in [5.74, 6) is 1.11. The number of halogens is 1. The van der Waals surface area contributed by atoms with E-state index in [9.17, 15) is 0 Å². The molecular weight excluding hydrogens is 254 g/mol. The molecule has 0 radical (unpaired) electrons. The van der Waals surface area contributed by atoms with Crippen LogP contribution in [0.25, 0.3) is 5.65 Å². The maximum absolute atomic E-state index is 5.88. The highest BCUT2D eigenvalue weighted by Crippen LogP contribution is 2.25. The van der Waals surface area contributed by atoms with Crippen LogP contribution in [0, 0.1) is 6.92 Å². The number of ether oxygens (including phenoxy) is 1. The quantitative estimate of drug-likeness (QED) is 0.708. The molecule has 0 fully saturated rings. The lowest BCUT2D eigenvalue weighted by Gasteiger charge is -2.07. The molecule has 90 valence electrons. The number of benzene rings is 1. The fourth-order valence-electron chi connectivity index (χ4n) is 1.53. The van der Waals surface area contributed by atoms with Gasteiger partial charge in [0.2, 0.25) is 5.88 Å². The molecular formula is C11H8ClN5O. The number of aromatic nitrogens is 5. The Morgan fingerprint density at radius 2 is 2.11 bits per heavy atom. The van der Waals surface area contributed by atoms with Gasteiger partial charge < -0.3 is 4.74 Å². The summed E-state index contributed by atoms with van der Waals surface area (Å²) in [4.78, 5) is 0. The average Bonchev–Trinajstić information content (AvgIpc) is 2.80. The minimum Gasteiger partial charge on any atom is -0.437 e. The zero-order chi connectivity index (χ0) is 12.5. The monoisotopic (exact) mass is 261 g/mol. The van der Waals surface area contributed by atoms with Crippen molar-refractivity contribution < 1.29 is 4.74 Å². The second-order valence-electron chi connectivity index (χ2n) is 3.71. The molecule has 1 aromatic carbocycles. The molecule has 0 N–H and O–H groups in total. The lowest BCUT2D eigenvalue weighted by Crippen LogP contribution is -1.97. The number of aryl methyl sites for hydroxylation is 1. The molecule has 0 aliphatic rings. The van der Waals surface area contributed by atoms with Crippen LogP contribution in [0.2, 0.25) is 5.02 Å². The van der Waals surface area contributed by atoms with Gasteiger partial charge in [0.1, 0.15) is 5.75 Å². The Bertz CT molecular complexity index is 711. The topological polar surface area (TPSA) is 65.2 Å². The fraction of sp³-hybridized carbons (Fsp3) is 0.0909. The zero-order valence-corrected chi connectivity index (χ0v) is 10.2. The van der Waals surface area contributed by atoms with Crippen molar-refractivity contribution in [1.82, 2.24) is 25.3 Å². The van der Waals surface area contributed by atoms with E-state index in [1.165, 1.54) is 4.63 Å². The van der Waals surface area contributed by atoms with Crippen LogP contribution in [0.15, 0.2) is 30.3 Å². The first kappa shape index (κ1) is 10.9. The van der Waals surface area contributed by atoms with E-state index in [0.29, 0.717) is 22.3 Å². The summed E-state index contributed by atoms with van der Waals surface area (Å²) in [6, 6.07) is 8.82. The van der Waals surface area contributed by atoms with Gasteiger partial charge in [-0.25, -0.2) is 0 Å². The van der Waals surface area contributed by atoms with Gasteiger partial charge in [-0.05, 0) is 47.2 Å². The van der Waals surface area contributed by atoms with Crippen LogP contribution in [-0.4, -0.2) is 25.3 Å². The number of hydrogen-bond donors (Lipinski definition) is 0. The lowest BCUT2D eigenvalue weighted by molar-refractivity contribution is 0.444. The molecule has 0 aliphatic carbocycles. The summed E-state index contributed by atoms with van der Waals surface area (Å²) in [5, 5.41) is 15.8. The summed E-state index contributed by atoms with van der Waals surface area (Å²) in [7, 11) is 0. The number of hydrogen-bond acceptors (Lipinski definition) is 5. The van der Waals surface area contributed by atoms with E-state index >= 15 is 0 Å². The molecule has 6 nitrogen and oxygen atoms in total. The van der Waals surface area contributed by atoms with E-state index in [2.05, 4.69) is 20.6 Å². The van der Waals surface area contributed by atoms with Gasteiger partial charge in [-0.2, -0.15) is 0 Å². The van der Waals surface area contributed by atoms with Gasteiger partial charge >= 0.3 is 0 Å². The van der Waals surface area contributed by atoms with Crippen LogP contribution in [0.5, 0.6) is 11.6 Å². The molecule has 18 heavy (non-hydrogen) atoms. The van der Waals surface area contributed by atoms with E-state index in [1.54, 1.807) is 24.3 Å². The molecule has 0 aliphatic heterocycles. The molecule has 3 aromatic rings. The van der Waals surface area contributed by atoms with Crippen LogP contribution in [0.3, 0.4) is 0 Å². The van der Waals surface area contributed by atoms with Crippen molar-refractivity contribution >= 4 is 17.2 Å². The molecule has 0 spiro atoms. The van der Waals surface area contributed by atoms with Crippen molar-refractivity contribution in [3.05, 3.63) is 40.9 Å². The van der Waals surface area contributed by atoms with Crippen molar-refractivity contribution in [1.29, 1.82) is 0 Å². The smallest absolute Gasteiger partial charge is 0.239 e. The van der Waals surface area contributed by atoms with Gasteiger partial charge in [0.15, 0.2) is 5.65 Å². The first-order chi connectivity index (χ1) is 8.72. The summed E-state index contributed by atoms with van der Waals surface area (Å²) < 4.78 is 6.96. The van der Waals surface area contributed by atoms with Crippen molar-refractivity contribution in [2.24, 2.45) is 0 Å². The maximum atomic E-state index is 5.88. The second-order valence-corrected chi connectivity index (χ2v) is 4.15. The predicted octanol–water partition coefficient (Wildman–Crippen LogP) is 2.27. The molecule has 0 atom stereocenters. The minimum absolute atomic E-state index is 0.417. The molecule has 0 bridgehead atoms. The van der Waals surface area contributed by atoms with E-state index in [4.69, 9.17) is 16.3 Å². The number of fused-ring (bicyclic) bond motifs is 1. The van der Waals surface area contributed by atoms with Gasteiger partial charge in [0.25, 0.3) is 0 Å². The van der Waals surface area contributed by atoms with E-state index in [1.807, 2.05) is 13.0 Å². The zero-order valence-electron chi connectivity index (χ0n) is 9.41. The third-order valence-electron chi connectivity index (χ3n) is 2.40. The van der Waals surface area contributed by atoms with Crippen LogP contribution >= 0.6 is 11.6 Å². The Labute approximate surface area is 107 Å². The van der Waals surface area contributed by atoms with Gasteiger partial charge in [-0.3, -0.25) is 0 Å². The Hall–Kier alpha value is -2.21. The summed E-state index contributed by atoms with van der Waals surface area (Å²) in [6.45, 7) is 1.91. The second kappa shape index (κ2) is 4.23. The van der Waals surface area contributed by atoms with Gasteiger partial charge in [-0.1, -0.05) is 11.6 Å². The van der Waals surface area contributed by atoms with Gasteiger partial charge in [-0.15, -0.1) is 14.8 Å². The molecule has 0 unspecified atom stereocenters. The molecule has 7 heteroatoms. The number of rotatable bonds is 2. The van der Waals surface area contributed by atoms with E-state index < -0.39 is 0 Å². The summed E-state index contributed by atoms with van der Waals surface area (Å²) in [6.07, 6.45) is 0. The summed E-state index contributed by atoms with van der Waals surface area (Å²) >= 11 is 5.88. The third-order valence-corrected chi connectivity index (χ3v) is 2.63. The van der Waals surface area contributed by atoms with Crippen LogP contribution in [0.4, 0.5) is 0 Å². The third kappa shape index (κ3) is 1.98. The fourth-order valence-corrected chi connectivity index (χ4v) is 1.75. The number of nitrogens with zero attached hydrogens (tertiary/aromatic N) is 5. The largest absolute Gasteiger partial charge is 0.437 e. The van der Waals surface area contributed by atoms with E-state index in [0.717, 1.165) is 5.56 Å². The van der Waals surface area contributed by atoms with Gasteiger partial charge in [0.05, 0.1) is 0 Å². The SMILES string of the molecule is Cc1cc(Cl)ccc1Oc1ccc2nnnn2n1. The standard InChI is InChI=1S/C11H8ClN5O/c1-7-6-8(12)2-3-9(7)18-11-5-4-10-13-15-16-17(10)14-11/h2-6H,1H3. The Morgan fingerprint density at radius 1 is 1.22 bits per heavy atom. The Morgan fingerprint density at radius 3 is 2.94 bits per heavy atom. The van der Waals surface area contributed by atoms with E-state index in [-0.39, 0.29) is 0 Å². The Balaban J connectivity index is 1.95. The molecule has 2 heterocycles. The van der Waals surface area contributed by atoms with Crippen LogP contribution in [0.1, 0.15) is 5.56 Å². The summed E-state index contributed by atoms with van der Waals surface area (Å²) in [5.41, 5.74) is 1.50. The predicted molar refractivity (Wildman–Crippen MR) is 64.8 cm³/mol. The van der Waals surface area contributed by atoms with Crippen molar-refractivity contribution in [2.45, 2.75) is 6.92 Å². The van der Waals surface area contributed by atoms with Crippen LogP contribution in [-0.2, 0) is 0 Å². The highest BCUT2D eigenvalue weighted by atomic mass is 35.5. The highest BCUT2D eigenvalue weighted by molar-refractivity contribution is 6.30. The normalized spacial score (nSPS) is 10.8. The van der Waals surface area contributed by atoms with Gasteiger partial charge in [0, 0.05) is 11.1 Å². The molecule has 0 saturated heterocycles. The van der Waals surface area contributed by atoms with Crippen molar-refractivity contribution in [2.75, 3.05) is 0 Å². The van der Waals surface area contributed by atoms with Crippen molar-refractivity contribution in [3.8, 4) is 11.6 Å². The van der Waals surface area contributed by atoms with Crippen LogP contribution < -0.4 is 4.74 Å². The highest BCUT2D eigenvalue weighted by Gasteiger charge is 2.05. The molecule has 0 saturated carbocycles. The average molecular weight is 262 g/mol. The van der Waals surface area contributed by atoms with Crippen molar-refractivity contribution in [3.63, 3.8) is 0 Å². The minimum atomic E-state index is 0.417. The first-order valence-electron chi connectivity index (χ1n) is 5.22.